The van der Waals surface area contributed by atoms with E-state index in [0.29, 0.717) is 17.4 Å². The number of anilines is 1. The summed E-state index contributed by atoms with van der Waals surface area (Å²) >= 11 is 0. The molecule has 0 bridgehead atoms. The normalized spacial score (nSPS) is 14.8. The number of aryl methyl sites for hydroxylation is 1. The summed E-state index contributed by atoms with van der Waals surface area (Å²) in [6.07, 6.45) is 5.98. The molecule has 0 aromatic carbocycles. The fourth-order valence-electron chi connectivity index (χ4n) is 2.14. The Labute approximate surface area is 93.5 Å². The molecule has 0 saturated heterocycles. The molecule has 0 spiro atoms. The maximum atomic E-state index is 5.96. The van der Waals surface area contributed by atoms with Crippen molar-refractivity contribution in [2.45, 2.75) is 25.7 Å². The van der Waals surface area contributed by atoms with Gasteiger partial charge < -0.3 is 10.2 Å². The molecule has 2 N–H and O–H groups in total. The summed E-state index contributed by atoms with van der Waals surface area (Å²) in [6, 6.07) is 3.68. The zero-order valence-electron chi connectivity index (χ0n) is 8.94. The van der Waals surface area contributed by atoms with Gasteiger partial charge in [0, 0.05) is 11.3 Å². The SMILES string of the molecule is Nc1nc(-c2ccco2)nc2c1CCCC2. The molecule has 2 aromatic rings. The van der Waals surface area contributed by atoms with Crippen LogP contribution in [0.1, 0.15) is 24.1 Å². The molecule has 3 rings (SSSR count). The molecule has 4 nitrogen and oxygen atoms in total. The molecule has 2 aromatic heterocycles. The van der Waals surface area contributed by atoms with Crippen molar-refractivity contribution in [3.63, 3.8) is 0 Å². The Morgan fingerprint density at radius 2 is 2.06 bits per heavy atom. The van der Waals surface area contributed by atoms with Gasteiger partial charge in [0.1, 0.15) is 5.82 Å². The Kier molecular flexibility index (Phi) is 2.13. The van der Waals surface area contributed by atoms with E-state index in [4.69, 9.17) is 10.2 Å². The van der Waals surface area contributed by atoms with Gasteiger partial charge in [0.2, 0.25) is 0 Å². The van der Waals surface area contributed by atoms with Crippen molar-refractivity contribution < 1.29 is 4.42 Å². The van der Waals surface area contributed by atoms with E-state index in [-0.39, 0.29) is 0 Å². The number of nitrogens with zero attached hydrogens (tertiary/aromatic N) is 2. The second kappa shape index (κ2) is 3.63. The first kappa shape index (κ1) is 9.39. The Balaban J connectivity index is 2.12. The molecule has 2 heterocycles. The van der Waals surface area contributed by atoms with Crippen LogP contribution in [0.5, 0.6) is 0 Å². The van der Waals surface area contributed by atoms with E-state index < -0.39 is 0 Å². The molecule has 82 valence electrons. The van der Waals surface area contributed by atoms with Crippen LogP contribution in [-0.4, -0.2) is 9.97 Å². The van der Waals surface area contributed by atoms with Crippen LogP contribution in [0.4, 0.5) is 5.82 Å². The third-order valence-electron chi connectivity index (χ3n) is 2.96. The molecular weight excluding hydrogens is 202 g/mol. The summed E-state index contributed by atoms with van der Waals surface area (Å²) in [5.41, 5.74) is 8.17. The molecule has 0 atom stereocenters. The van der Waals surface area contributed by atoms with Crippen LogP contribution in [0.25, 0.3) is 11.6 Å². The standard InChI is InChI=1S/C12H13N3O/c13-11-8-4-1-2-5-9(8)14-12(15-11)10-6-3-7-16-10/h3,6-7H,1-2,4-5H2,(H2,13,14,15). The molecule has 0 amide bonds. The van der Waals surface area contributed by atoms with E-state index in [9.17, 15) is 0 Å². The lowest BCUT2D eigenvalue weighted by Crippen LogP contribution is -2.11. The van der Waals surface area contributed by atoms with E-state index in [1.165, 1.54) is 12.8 Å². The van der Waals surface area contributed by atoms with Crippen molar-refractivity contribution in [3.8, 4) is 11.6 Å². The Hall–Kier alpha value is -1.84. The van der Waals surface area contributed by atoms with Gasteiger partial charge in [0.15, 0.2) is 11.6 Å². The van der Waals surface area contributed by atoms with Gasteiger partial charge in [-0.05, 0) is 37.8 Å². The van der Waals surface area contributed by atoms with Crippen molar-refractivity contribution in [3.05, 3.63) is 29.7 Å². The highest BCUT2D eigenvalue weighted by Gasteiger charge is 2.17. The number of nitrogen functional groups attached to an aromatic ring is 1. The minimum atomic E-state index is 0.600. The first-order chi connectivity index (χ1) is 7.84. The van der Waals surface area contributed by atoms with Crippen molar-refractivity contribution in [2.24, 2.45) is 0 Å². The molecule has 4 heteroatoms. The van der Waals surface area contributed by atoms with Crippen molar-refractivity contribution >= 4 is 5.82 Å². The number of hydrogen-bond acceptors (Lipinski definition) is 4. The Morgan fingerprint density at radius 3 is 2.88 bits per heavy atom. The molecule has 0 unspecified atom stereocenters. The third kappa shape index (κ3) is 1.46. The summed E-state index contributed by atoms with van der Waals surface area (Å²) in [6.45, 7) is 0. The molecule has 0 aliphatic heterocycles. The van der Waals surface area contributed by atoms with Crippen LogP contribution in [0, 0.1) is 0 Å². The van der Waals surface area contributed by atoms with Gasteiger partial charge in [-0.15, -0.1) is 0 Å². The monoisotopic (exact) mass is 215 g/mol. The van der Waals surface area contributed by atoms with E-state index in [1.807, 2.05) is 12.1 Å². The topological polar surface area (TPSA) is 64.9 Å². The maximum Gasteiger partial charge on any atom is 0.197 e. The van der Waals surface area contributed by atoms with E-state index in [1.54, 1.807) is 6.26 Å². The summed E-state index contributed by atoms with van der Waals surface area (Å²) in [5.74, 6) is 1.89. The number of aromatic nitrogens is 2. The lowest BCUT2D eigenvalue weighted by atomic mass is 9.96. The number of hydrogen-bond donors (Lipinski definition) is 1. The summed E-state index contributed by atoms with van der Waals surface area (Å²) in [5, 5.41) is 0. The Bertz CT molecular complexity index is 505. The van der Waals surface area contributed by atoms with Crippen LogP contribution in [-0.2, 0) is 12.8 Å². The quantitative estimate of drug-likeness (QED) is 0.792. The van der Waals surface area contributed by atoms with Gasteiger partial charge in [-0.3, -0.25) is 0 Å². The van der Waals surface area contributed by atoms with Gasteiger partial charge in [-0.1, -0.05) is 0 Å². The third-order valence-corrected chi connectivity index (χ3v) is 2.96. The van der Waals surface area contributed by atoms with Crippen molar-refractivity contribution in [2.75, 3.05) is 5.73 Å². The van der Waals surface area contributed by atoms with Gasteiger partial charge in [-0.25, -0.2) is 9.97 Å². The minimum Gasteiger partial charge on any atom is -0.461 e. The fourth-order valence-corrected chi connectivity index (χ4v) is 2.14. The highest BCUT2D eigenvalue weighted by molar-refractivity contribution is 5.54. The van der Waals surface area contributed by atoms with Crippen molar-refractivity contribution in [1.29, 1.82) is 0 Å². The Morgan fingerprint density at radius 1 is 1.19 bits per heavy atom. The number of fused-ring (bicyclic) bond motifs is 1. The molecule has 0 radical (unpaired) electrons. The van der Waals surface area contributed by atoms with Crippen LogP contribution >= 0.6 is 0 Å². The van der Waals surface area contributed by atoms with Gasteiger partial charge in [-0.2, -0.15) is 0 Å². The molecule has 1 aliphatic carbocycles. The molecule has 16 heavy (non-hydrogen) atoms. The average Bonchev–Trinajstić information content (AvgIpc) is 2.82. The van der Waals surface area contributed by atoms with E-state index in [0.717, 1.165) is 24.1 Å². The number of rotatable bonds is 1. The predicted octanol–water partition coefficient (Wildman–Crippen LogP) is 2.20. The maximum absolute atomic E-state index is 5.96. The van der Waals surface area contributed by atoms with Gasteiger partial charge in [0.25, 0.3) is 0 Å². The lowest BCUT2D eigenvalue weighted by molar-refractivity contribution is 0.575. The smallest absolute Gasteiger partial charge is 0.197 e. The summed E-state index contributed by atoms with van der Waals surface area (Å²) in [4.78, 5) is 8.83. The predicted molar refractivity (Wildman–Crippen MR) is 60.8 cm³/mol. The minimum absolute atomic E-state index is 0.600. The van der Waals surface area contributed by atoms with Crippen LogP contribution in [0.3, 0.4) is 0 Å². The molecule has 0 saturated carbocycles. The highest BCUT2D eigenvalue weighted by atomic mass is 16.3. The zero-order chi connectivity index (χ0) is 11.0. The number of nitrogens with two attached hydrogens (primary N) is 1. The van der Waals surface area contributed by atoms with Gasteiger partial charge in [0.05, 0.1) is 6.26 Å². The summed E-state index contributed by atoms with van der Waals surface area (Å²) in [7, 11) is 0. The average molecular weight is 215 g/mol. The van der Waals surface area contributed by atoms with Crippen LogP contribution < -0.4 is 5.73 Å². The second-order valence-electron chi connectivity index (χ2n) is 4.04. The van der Waals surface area contributed by atoms with Crippen LogP contribution in [0.2, 0.25) is 0 Å². The van der Waals surface area contributed by atoms with Crippen molar-refractivity contribution in [1.82, 2.24) is 9.97 Å². The second-order valence-corrected chi connectivity index (χ2v) is 4.04. The number of furan rings is 1. The first-order valence-corrected chi connectivity index (χ1v) is 5.54. The first-order valence-electron chi connectivity index (χ1n) is 5.54. The van der Waals surface area contributed by atoms with E-state index >= 15 is 0 Å². The van der Waals surface area contributed by atoms with E-state index in [2.05, 4.69) is 9.97 Å². The van der Waals surface area contributed by atoms with Gasteiger partial charge >= 0.3 is 0 Å². The molecule has 0 fully saturated rings. The zero-order valence-corrected chi connectivity index (χ0v) is 8.94. The summed E-state index contributed by atoms with van der Waals surface area (Å²) < 4.78 is 5.29. The highest BCUT2D eigenvalue weighted by Crippen LogP contribution is 2.26. The largest absolute Gasteiger partial charge is 0.461 e. The van der Waals surface area contributed by atoms with Crippen LogP contribution in [0.15, 0.2) is 22.8 Å². The molecule has 1 aliphatic rings. The lowest BCUT2D eigenvalue weighted by Gasteiger charge is -2.16. The molecular formula is C12H13N3O. The fraction of sp³-hybridized carbons (Fsp3) is 0.333.